The first kappa shape index (κ1) is 17.8. The molecule has 0 unspecified atom stereocenters. The molecule has 0 atom stereocenters. The fourth-order valence-corrected chi connectivity index (χ4v) is 2.32. The molecule has 3 nitrogen and oxygen atoms in total. The Bertz CT molecular complexity index is 744. The van der Waals surface area contributed by atoms with Crippen LogP contribution in [0, 0.1) is 18.6 Å². The van der Waals surface area contributed by atoms with E-state index in [2.05, 4.69) is 11.9 Å². The molecule has 0 aliphatic rings. The van der Waals surface area contributed by atoms with Crippen molar-refractivity contribution in [3.63, 3.8) is 0 Å². The Morgan fingerprint density at radius 2 is 1.96 bits per heavy atom. The third-order valence-corrected chi connectivity index (χ3v) is 3.54. The van der Waals surface area contributed by atoms with Crippen molar-refractivity contribution < 1.29 is 13.5 Å². The molecule has 0 amide bonds. The standard InChI is InChI=1S/C19H22F2N2O/c1-4-5-8-24-18-11-14(20)10-17(19(18)13(3)22)23-16-7-6-12(2)9-15(16)21/h6-7,9-11,23H,3-5,8,22H2,1-2H3. The number of anilines is 2. The van der Waals surface area contributed by atoms with E-state index in [1.54, 1.807) is 19.1 Å². The van der Waals surface area contributed by atoms with Gasteiger partial charge < -0.3 is 15.8 Å². The number of benzene rings is 2. The van der Waals surface area contributed by atoms with E-state index >= 15 is 0 Å². The zero-order valence-corrected chi connectivity index (χ0v) is 14.0. The molecule has 0 saturated heterocycles. The van der Waals surface area contributed by atoms with Gasteiger partial charge in [-0.1, -0.05) is 26.0 Å². The Morgan fingerprint density at radius 3 is 2.58 bits per heavy atom. The highest BCUT2D eigenvalue weighted by atomic mass is 19.1. The van der Waals surface area contributed by atoms with Gasteiger partial charge in [0.25, 0.3) is 0 Å². The second kappa shape index (κ2) is 7.81. The van der Waals surface area contributed by atoms with Gasteiger partial charge in [0, 0.05) is 11.8 Å². The van der Waals surface area contributed by atoms with Crippen molar-refractivity contribution in [1.29, 1.82) is 0 Å². The predicted molar refractivity (Wildman–Crippen MR) is 94.4 cm³/mol. The molecule has 2 aromatic rings. The zero-order chi connectivity index (χ0) is 17.7. The van der Waals surface area contributed by atoms with Crippen LogP contribution in [0.3, 0.4) is 0 Å². The third-order valence-electron chi connectivity index (χ3n) is 3.54. The second-order valence-corrected chi connectivity index (χ2v) is 5.66. The molecule has 0 heterocycles. The monoisotopic (exact) mass is 332 g/mol. The maximum absolute atomic E-state index is 14.1. The molecule has 0 aromatic heterocycles. The van der Waals surface area contributed by atoms with Crippen molar-refractivity contribution >= 4 is 17.1 Å². The Morgan fingerprint density at radius 1 is 1.21 bits per heavy atom. The van der Waals surface area contributed by atoms with Crippen molar-refractivity contribution in [2.45, 2.75) is 26.7 Å². The van der Waals surface area contributed by atoms with Crippen LogP contribution in [0.4, 0.5) is 20.2 Å². The van der Waals surface area contributed by atoms with Crippen molar-refractivity contribution in [3.05, 3.63) is 59.7 Å². The third kappa shape index (κ3) is 4.25. The van der Waals surface area contributed by atoms with E-state index < -0.39 is 11.6 Å². The van der Waals surface area contributed by atoms with Gasteiger partial charge in [-0.05, 0) is 37.1 Å². The molecule has 0 fully saturated rings. The van der Waals surface area contributed by atoms with Crippen LogP contribution in [-0.4, -0.2) is 6.61 Å². The van der Waals surface area contributed by atoms with E-state index in [1.165, 1.54) is 18.2 Å². The zero-order valence-electron chi connectivity index (χ0n) is 14.0. The summed E-state index contributed by atoms with van der Waals surface area (Å²) < 4.78 is 33.7. The van der Waals surface area contributed by atoms with Gasteiger partial charge in [0.1, 0.15) is 17.4 Å². The van der Waals surface area contributed by atoms with Crippen molar-refractivity contribution in [2.24, 2.45) is 5.73 Å². The number of aryl methyl sites for hydroxylation is 1. The molecule has 0 aliphatic carbocycles. The maximum atomic E-state index is 14.1. The Hall–Kier alpha value is -2.56. The van der Waals surface area contributed by atoms with Crippen molar-refractivity contribution in [2.75, 3.05) is 11.9 Å². The summed E-state index contributed by atoms with van der Waals surface area (Å²) in [4.78, 5) is 0. The summed E-state index contributed by atoms with van der Waals surface area (Å²) in [6.45, 7) is 7.99. The molecule has 24 heavy (non-hydrogen) atoms. The number of nitrogens with two attached hydrogens (primary N) is 1. The first-order valence-corrected chi connectivity index (χ1v) is 7.86. The minimum atomic E-state index is -0.499. The van der Waals surface area contributed by atoms with Gasteiger partial charge in [0.05, 0.1) is 23.5 Å². The lowest BCUT2D eigenvalue weighted by Gasteiger charge is -2.17. The number of unbranched alkanes of at least 4 members (excludes halogenated alkanes) is 1. The van der Waals surface area contributed by atoms with Gasteiger partial charge in [-0.2, -0.15) is 0 Å². The van der Waals surface area contributed by atoms with Gasteiger partial charge in [-0.25, -0.2) is 8.78 Å². The van der Waals surface area contributed by atoms with Gasteiger partial charge in [-0.15, -0.1) is 0 Å². The van der Waals surface area contributed by atoms with Crippen LogP contribution in [0.15, 0.2) is 36.9 Å². The number of ether oxygens (including phenoxy) is 1. The van der Waals surface area contributed by atoms with Crippen LogP contribution in [0.25, 0.3) is 5.70 Å². The van der Waals surface area contributed by atoms with Gasteiger partial charge in [-0.3, -0.25) is 0 Å². The summed E-state index contributed by atoms with van der Waals surface area (Å²) in [5, 5.41) is 2.89. The van der Waals surface area contributed by atoms with E-state index in [-0.39, 0.29) is 11.4 Å². The van der Waals surface area contributed by atoms with Crippen molar-refractivity contribution in [3.8, 4) is 5.75 Å². The molecule has 0 radical (unpaired) electrons. The molecule has 5 heteroatoms. The van der Waals surface area contributed by atoms with Crippen LogP contribution in [0.5, 0.6) is 5.75 Å². The highest BCUT2D eigenvalue weighted by molar-refractivity contribution is 5.81. The van der Waals surface area contributed by atoms with Crippen LogP contribution in [-0.2, 0) is 0 Å². The Labute approximate surface area is 141 Å². The highest BCUT2D eigenvalue weighted by Gasteiger charge is 2.15. The first-order valence-electron chi connectivity index (χ1n) is 7.86. The molecule has 2 rings (SSSR count). The van der Waals surface area contributed by atoms with Gasteiger partial charge in [0.15, 0.2) is 0 Å². The lowest BCUT2D eigenvalue weighted by atomic mass is 10.1. The molecular formula is C19H22F2N2O. The minimum absolute atomic E-state index is 0.219. The number of halogens is 2. The summed E-state index contributed by atoms with van der Waals surface area (Å²) >= 11 is 0. The fourth-order valence-electron chi connectivity index (χ4n) is 2.32. The van der Waals surface area contributed by atoms with E-state index in [0.717, 1.165) is 18.4 Å². The lowest BCUT2D eigenvalue weighted by Crippen LogP contribution is -2.07. The number of nitrogens with one attached hydrogen (secondary N) is 1. The average molecular weight is 332 g/mol. The van der Waals surface area contributed by atoms with Crippen molar-refractivity contribution in [1.82, 2.24) is 0 Å². The maximum Gasteiger partial charge on any atom is 0.146 e. The molecule has 3 N–H and O–H groups in total. The second-order valence-electron chi connectivity index (χ2n) is 5.66. The topological polar surface area (TPSA) is 47.3 Å². The number of hydrogen-bond donors (Lipinski definition) is 2. The van der Waals surface area contributed by atoms with E-state index in [0.29, 0.717) is 23.6 Å². The SMILES string of the molecule is C=C(N)c1c(Nc2ccc(C)cc2F)cc(F)cc1OCCCC. The lowest BCUT2D eigenvalue weighted by molar-refractivity contribution is 0.307. The Kier molecular flexibility index (Phi) is 5.79. The van der Waals surface area contributed by atoms with E-state index in [9.17, 15) is 8.78 Å². The highest BCUT2D eigenvalue weighted by Crippen LogP contribution is 2.34. The van der Waals surface area contributed by atoms with Gasteiger partial charge >= 0.3 is 0 Å². The summed E-state index contributed by atoms with van der Waals surface area (Å²) in [5.41, 5.74) is 7.85. The van der Waals surface area contributed by atoms with Crippen LogP contribution >= 0.6 is 0 Å². The summed E-state index contributed by atoms with van der Waals surface area (Å²) in [6.07, 6.45) is 1.79. The van der Waals surface area contributed by atoms with Crippen LogP contribution in [0.2, 0.25) is 0 Å². The fraction of sp³-hybridized carbons (Fsp3) is 0.263. The summed E-state index contributed by atoms with van der Waals surface area (Å²) in [7, 11) is 0. The van der Waals surface area contributed by atoms with E-state index in [4.69, 9.17) is 10.5 Å². The molecule has 2 aromatic carbocycles. The molecular weight excluding hydrogens is 310 g/mol. The Balaban J connectivity index is 2.42. The first-order chi connectivity index (χ1) is 11.4. The molecule has 0 saturated carbocycles. The minimum Gasteiger partial charge on any atom is -0.493 e. The molecule has 128 valence electrons. The van der Waals surface area contributed by atoms with E-state index in [1.807, 2.05) is 6.92 Å². The average Bonchev–Trinajstić information content (AvgIpc) is 2.49. The van der Waals surface area contributed by atoms with Gasteiger partial charge in [0.2, 0.25) is 0 Å². The van der Waals surface area contributed by atoms with Crippen LogP contribution < -0.4 is 15.8 Å². The quantitative estimate of drug-likeness (QED) is 0.691. The number of hydrogen-bond acceptors (Lipinski definition) is 3. The number of rotatable bonds is 7. The smallest absolute Gasteiger partial charge is 0.146 e. The molecule has 0 bridgehead atoms. The van der Waals surface area contributed by atoms with Crippen LogP contribution in [0.1, 0.15) is 30.9 Å². The molecule has 0 spiro atoms. The molecule has 0 aliphatic heterocycles. The summed E-state index contributed by atoms with van der Waals surface area (Å²) in [6, 6.07) is 7.27. The normalized spacial score (nSPS) is 10.5. The largest absolute Gasteiger partial charge is 0.493 e. The summed E-state index contributed by atoms with van der Waals surface area (Å²) in [5.74, 6) is -0.631. The predicted octanol–water partition coefficient (Wildman–Crippen LogP) is 5.13.